The van der Waals surface area contributed by atoms with E-state index in [1.165, 1.54) is 31.4 Å². The Morgan fingerprint density at radius 1 is 0.958 bits per heavy atom. The van der Waals surface area contributed by atoms with Crippen LogP contribution in [-0.4, -0.2) is 187 Å². The zero-order chi connectivity index (χ0) is 52.9. The smallest absolute Gasteiger partial charge is 0.458 e. The van der Waals surface area contributed by atoms with Gasteiger partial charge in [-0.2, -0.15) is 0 Å². The van der Waals surface area contributed by atoms with E-state index in [0.717, 1.165) is 0 Å². The van der Waals surface area contributed by atoms with Gasteiger partial charge in [-0.3, -0.25) is 24.6 Å². The van der Waals surface area contributed by atoms with Gasteiger partial charge in [-0.05, 0) is 107 Å². The number of ether oxygens (including phenoxy) is 9. The lowest BCUT2D eigenvalue weighted by atomic mass is 9.77. The number of esters is 1. The van der Waals surface area contributed by atoms with Crippen molar-refractivity contribution in [2.24, 2.45) is 17.8 Å². The van der Waals surface area contributed by atoms with Crippen LogP contribution in [0.4, 0.5) is 15.3 Å². The fraction of sp³-hybridized carbons (Fsp3) is 0.796. The Kier molecular flexibility index (Phi) is 19.3. The van der Waals surface area contributed by atoms with Gasteiger partial charge in [-0.25, -0.2) is 9.59 Å². The number of amides is 2. The molecule has 0 spiro atoms. The van der Waals surface area contributed by atoms with Crippen molar-refractivity contribution in [2.45, 2.75) is 185 Å². The van der Waals surface area contributed by atoms with E-state index in [2.05, 4.69) is 10.6 Å². The number of nitro benzene ring substituents is 1. The molecule has 4 N–H and O–H groups in total. The Hall–Kier alpha value is -4.26. The number of fused-ring (bicyclic) bond motifs is 1. The van der Waals surface area contributed by atoms with Crippen LogP contribution in [0.1, 0.15) is 105 Å². The Labute approximate surface area is 417 Å². The molecule has 2 amide bonds. The molecule has 0 unspecified atom stereocenters. The maximum atomic E-state index is 14.7. The first-order valence-electron chi connectivity index (χ1n) is 24.7. The summed E-state index contributed by atoms with van der Waals surface area (Å²) in [6.07, 6.45) is -10.3. The van der Waals surface area contributed by atoms with Crippen molar-refractivity contribution >= 4 is 29.8 Å². The van der Waals surface area contributed by atoms with Gasteiger partial charge in [-0.15, -0.1) is 0 Å². The third-order valence-electron chi connectivity index (χ3n) is 14.9. The number of hydrogen-bond acceptors (Lipinski definition) is 19. The molecule has 0 saturated carbocycles. The Morgan fingerprint density at radius 2 is 1.61 bits per heavy atom. The van der Waals surface area contributed by atoms with Crippen molar-refractivity contribution in [1.82, 2.24) is 20.4 Å². The number of nitro groups is 1. The summed E-state index contributed by atoms with van der Waals surface area (Å²) in [7, 11) is 7.08. The number of methoxy groups -OCH3 is 1. The average molecular weight is 1010 g/mol. The van der Waals surface area contributed by atoms with Crippen molar-refractivity contribution in [3.05, 3.63) is 39.9 Å². The van der Waals surface area contributed by atoms with E-state index >= 15 is 0 Å². The number of benzene rings is 1. The number of aliphatic hydroxyl groups excluding tert-OH is 1. The van der Waals surface area contributed by atoms with Crippen molar-refractivity contribution < 1.29 is 76.9 Å². The van der Waals surface area contributed by atoms with Crippen molar-refractivity contribution in [2.75, 3.05) is 47.9 Å². The Balaban J connectivity index is 1.43. The minimum Gasteiger partial charge on any atom is -0.458 e. The number of likely N-dealkylation sites (N-methyl/N-ethyl adjacent to an activating group) is 2. The van der Waals surface area contributed by atoms with Crippen LogP contribution in [0.5, 0.6) is 0 Å². The van der Waals surface area contributed by atoms with Crippen LogP contribution in [0.3, 0.4) is 0 Å². The van der Waals surface area contributed by atoms with Crippen molar-refractivity contribution in [3.8, 4) is 0 Å². The second-order valence-electron chi connectivity index (χ2n) is 20.9. The van der Waals surface area contributed by atoms with Crippen LogP contribution in [0.15, 0.2) is 24.3 Å². The minimum absolute atomic E-state index is 0.0116. The third kappa shape index (κ3) is 13.5. The van der Waals surface area contributed by atoms with E-state index in [-0.39, 0.29) is 61.7 Å². The lowest BCUT2D eigenvalue weighted by Gasteiger charge is -2.49. The molecular formula is C49H79N5O17. The van der Waals surface area contributed by atoms with E-state index in [4.69, 9.17) is 42.6 Å². The zero-order valence-corrected chi connectivity index (χ0v) is 43.8. The van der Waals surface area contributed by atoms with Gasteiger partial charge in [0.25, 0.3) is 11.6 Å². The van der Waals surface area contributed by atoms with Crippen molar-refractivity contribution in [1.29, 1.82) is 0 Å². The predicted molar refractivity (Wildman–Crippen MR) is 255 cm³/mol. The van der Waals surface area contributed by atoms with E-state index in [0.29, 0.717) is 13.0 Å². The normalized spacial score (nSPS) is 39.7. The van der Waals surface area contributed by atoms with Gasteiger partial charge in [0.1, 0.15) is 17.8 Å². The molecule has 22 heteroatoms. The molecule has 402 valence electrons. The first-order chi connectivity index (χ1) is 33.2. The first-order valence-corrected chi connectivity index (χ1v) is 24.7. The molecule has 18 atom stereocenters. The SMILES string of the molecule is CC[C@H]1OC(=O)[C@H](C)[C@@H](O[C@H]2C[C@@](C)(OC)[C@@H](OC(=O)NCCNC(=O)c3ccc([N+](=O)[O-])cc3)[C@H](C)O2)[C@H](C)[C@@H](O[C@@H]2O[C@H](C)C[C@H](N(C)C)[C@H]2O)[C@](C)(O)C[C@@H](C)CN(C)[C@H](C)[C@H]2OC(=O)O[C@@]21C. The number of cyclic esters (lactones) is 1. The van der Waals surface area contributed by atoms with Crippen LogP contribution < -0.4 is 10.6 Å². The van der Waals surface area contributed by atoms with Gasteiger partial charge in [0.15, 0.2) is 30.4 Å². The molecule has 71 heavy (non-hydrogen) atoms. The maximum Gasteiger partial charge on any atom is 0.509 e. The second kappa shape index (κ2) is 23.7. The topological polar surface area (TPSA) is 265 Å². The van der Waals surface area contributed by atoms with E-state index < -0.39 is 119 Å². The molecule has 1 aromatic rings. The summed E-state index contributed by atoms with van der Waals surface area (Å²) in [6.45, 7) is 18.3. The molecule has 4 heterocycles. The number of aliphatic hydroxyl groups is 2. The van der Waals surface area contributed by atoms with Gasteiger partial charge < -0.3 is 68.4 Å². The molecule has 4 aliphatic rings. The fourth-order valence-electron chi connectivity index (χ4n) is 10.9. The summed E-state index contributed by atoms with van der Waals surface area (Å²) in [5, 5.41) is 40.8. The summed E-state index contributed by atoms with van der Waals surface area (Å²) in [4.78, 5) is 67.8. The quantitative estimate of drug-likeness (QED) is 0.0711. The zero-order valence-electron chi connectivity index (χ0n) is 43.8. The average Bonchev–Trinajstić information content (AvgIpc) is 3.62. The summed E-state index contributed by atoms with van der Waals surface area (Å²) in [6, 6.07) is 4.36. The van der Waals surface area contributed by atoms with Gasteiger partial charge in [0.2, 0.25) is 0 Å². The van der Waals surface area contributed by atoms with Crippen LogP contribution in [0, 0.1) is 27.9 Å². The van der Waals surface area contributed by atoms with Gasteiger partial charge in [0, 0.05) is 68.9 Å². The van der Waals surface area contributed by atoms with E-state index in [1.807, 2.05) is 58.6 Å². The number of nitrogens with zero attached hydrogens (tertiary/aromatic N) is 3. The van der Waals surface area contributed by atoms with E-state index in [1.54, 1.807) is 41.5 Å². The maximum absolute atomic E-state index is 14.7. The highest BCUT2D eigenvalue weighted by molar-refractivity contribution is 5.94. The molecule has 5 rings (SSSR count). The number of non-ortho nitro benzene ring substituents is 1. The Bertz CT molecular complexity index is 2000. The monoisotopic (exact) mass is 1010 g/mol. The highest BCUT2D eigenvalue weighted by atomic mass is 16.8. The number of carbonyl (C=O) groups is 4. The minimum atomic E-state index is -1.64. The second-order valence-corrected chi connectivity index (χ2v) is 20.9. The number of carbonyl (C=O) groups excluding carboxylic acids is 4. The van der Waals surface area contributed by atoms with Gasteiger partial charge >= 0.3 is 18.2 Å². The molecule has 4 saturated heterocycles. The predicted octanol–water partition coefficient (Wildman–Crippen LogP) is 4.16. The van der Waals surface area contributed by atoms with Crippen LogP contribution in [0.25, 0.3) is 0 Å². The van der Waals surface area contributed by atoms with E-state index in [9.17, 15) is 39.5 Å². The molecular weight excluding hydrogens is 931 g/mol. The standard InChI is InChI=1S/C49H79N5O17/c1-15-35-49(10)40(70-46(59)71-49)30(6)53(13)25-26(2)23-47(8,60)39(68-44-37(55)34(52(11)12)22-27(3)64-44)28(4)38(29(5)43(57)66-35)67-36-24-48(9,63-14)41(31(7)65-36)69-45(58)51-21-20-50-42(56)32-16-18-33(19-17-32)54(61)62/h16-19,26-31,34-41,44,55,60H,15,20-25H2,1-14H3,(H,50,56)(H,51,58)/t26-,27-,28+,29-,30-,31+,34+,35-,36+,37-,38+,39-,40-,41+,44+,47-,48-,49-/m1/s1. The molecule has 0 radical (unpaired) electrons. The lowest BCUT2D eigenvalue weighted by molar-refractivity contribution is -0.384. The van der Waals surface area contributed by atoms with Gasteiger partial charge in [0.05, 0.1) is 40.9 Å². The van der Waals surface area contributed by atoms with Crippen LogP contribution >= 0.6 is 0 Å². The Morgan fingerprint density at radius 3 is 2.21 bits per heavy atom. The summed E-state index contributed by atoms with van der Waals surface area (Å²) >= 11 is 0. The van der Waals surface area contributed by atoms with Crippen LogP contribution in [0.2, 0.25) is 0 Å². The number of rotatable bonds is 13. The number of hydrogen-bond donors (Lipinski definition) is 4. The highest BCUT2D eigenvalue weighted by Gasteiger charge is 2.58. The molecule has 1 aromatic carbocycles. The molecule has 0 aliphatic carbocycles. The first kappa shape index (κ1) is 57.6. The molecule has 0 aromatic heterocycles. The summed E-state index contributed by atoms with van der Waals surface area (Å²) in [5.74, 6) is -3.32. The molecule has 4 fully saturated rings. The van der Waals surface area contributed by atoms with Gasteiger partial charge in [-0.1, -0.05) is 20.8 Å². The molecule has 22 nitrogen and oxygen atoms in total. The highest BCUT2D eigenvalue weighted by Crippen LogP contribution is 2.42. The fourth-order valence-corrected chi connectivity index (χ4v) is 10.9. The number of alkyl carbamates (subject to hydrolysis) is 1. The molecule has 4 aliphatic heterocycles. The summed E-state index contributed by atoms with van der Waals surface area (Å²) in [5.41, 5.74) is -4.19. The largest absolute Gasteiger partial charge is 0.509 e. The lowest BCUT2D eigenvalue weighted by Crippen LogP contribution is -2.61. The molecule has 0 bridgehead atoms. The summed E-state index contributed by atoms with van der Waals surface area (Å²) < 4.78 is 56.4. The van der Waals surface area contributed by atoms with Crippen molar-refractivity contribution in [3.63, 3.8) is 0 Å². The third-order valence-corrected chi connectivity index (χ3v) is 14.9. The number of nitrogens with one attached hydrogen (secondary N) is 2. The van der Waals surface area contributed by atoms with Crippen LogP contribution in [-0.2, 0) is 47.4 Å².